The highest BCUT2D eigenvalue weighted by atomic mass is 16.2. The summed E-state index contributed by atoms with van der Waals surface area (Å²) in [5.74, 6) is 0.850. The SMILES string of the molecule is CC(C)n1cnnc1CCNC(=O)Nc1cccc(-n2cncn2)c1. The van der Waals surface area contributed by atoms with E-state index < -0.39 is 0 Å². The van der Waals surface area contributed by atoms with Gasteiger partial charge in [-0.1, -0.05) is 6.07 Å². The number of nitrogens with zero attached hydrogens (tertiary/aromatic N) is 6. The first kappa shape index (κ1) is 16.6. The summed E-state index contributed by atoms with van der Waals surface area (Å²) >= 11 is 0. The zero-order valence-corrected chi connectivity index (χ0v) is 14.1. The van der Waals surface area contributed by atoms with E-state index in [9.17, 15) is 4.79 Å². The summed E-state index contributed by atoms with van der Waals surface area (Å²) < 4.78 is 3.61. The van der Waals surface area contributed by atoms with Crippen molar-refractivity contribution in [3.05, 3.63) is 49.1 Å². The minimum absolute atomic E-state index is 0.272. The Morgan fingerprint density at radius 1 is 1.28 bits per heavy atom. The van der Waals surface area contributed by atoms with Crippen LogP contribution in [0.2, 0.25) is 0 Å². The molecule has 0 bridgehead atoms. The molecule has 0 radical (unpaired) electrons. The fourth-order valence-corrected chi connectivity index (χ4v) is 2.41. The Hall–Kier alpha value is -3.23. The number of aromatic nitrogens is 6. The zero-order chi connectivity index (χ0) is 17.6. The fraction of sp³-hybridized carbons (Fsp3) is 0.312. The molecule has 25 heavy (non-hydrogen) atoms. The minimum Gasteiger partial charge on any atom is -0.337 e. The molecule has 0 aliphatic rings. The number of anilines is 1. The van der Waals surface area contributed by atoms with Crippen LogP contribution in [0.1, 0.15) is 25.7 Å². The van der Waals surface area contributed by atoms with E-state index in [4.69, 9.17) is 0 Å². The highest BCUT2D eigenvalue weighted by molar-refractivity contribution is 5.89. The van der Waals surface area contributed by atoms with Crippen molar-refractivity contribution in [2.24, 2.45) is 0 Å². The summed E-state index contributed by atoms with van der Waals surface area (Å²) in [6, 6.07) is 7.39. The van der Waals surface area contributed by atoms with Gasteiger partial charge in [0.1, 0.15) is 24.8 Å². The molecule has 3 aromatic rings. The maximum Gasteiger partial charge on any atom is 0.319 e. The molecule has 2 amide bonds. The summed E-state index contributed by atoms with van der Waals surface area (Å²) in [5, 5.41) is 17.7. The highest BCUT2D eigenvalue weighted by Crippen LogP contribution is 2.13. The molecule has 2 N–H and O–H groups in total. The summed E-state index contributed by atoms with van der Waals surface area (Å²) in [4.78, 5) is 16.0. The molecular weight excluding hydrogens is 320 g/mol. The summed E-state index contributed by atoms with van der Waals surface area (Å²) in [6.07, 6.45) is 5.38. The standard InChI is InChI=1S/C16H20N8O/c1-12(2)23-11-19-22-15(23)6-7-18-16(25)21-13-4-3-5-14(8-13)24-10-17-9-20-24/h3-5,8-12H,6-7H2,1-2H3,(H2,18,21,25). The van der Waals surface area contributed by atoms with E-state index in [1.165, 1.54) is 6.33 Å². The Labute approximate surface area is 145 Å². The van der Waals surface area contributed by atoms with Crippen LogP contribution in [0.25, 0.3) is 5.69 Å². The molecular formula is C16H20N8O. The van der Waals surface area contributed by atoms with Crippen molar-refractivity contribution in [2.45, 2.75) is 26.3 Å². The molecule has 0 saturated carbocycles. The largest absolute Gasteiger partial charge is 0.337 e. The fourth-order valence-electron chi connectivity index (χ4n) is 2.41. The van der Waals surface area contributed by atoms with E-state index in [-0.39, 0.29) is 6.03 Å². The average molecular weight is 340 g/mol. The van der Waals surface area contributed by atoms with Gasteiger partial charge < -0.3 is 15.2 Å². The zero-order valence-electron chi connectivity index (χ0n) is 14.1. The third-order valence-corrected chi connectivity index (χ3v) is 3.63. The maximum absolute atomic E-state index is 12.1. The molecule has 0 saturated heterocycles. The molecule has 9 heteroatoms. The summed E-state index contributed by atoms with van der Waals surface area (Å²) in [6.45, 7) is 4.60. The quantitative estimate of drug-likeness (QED) is 0.712. The Morgan fingerprint density at radius 2 is 2.16 bits per heavy atom. The van der Waals surface area contributed by atoms with Gasteiger partial charge in [-0.15, -0.1) is 10.2 Å². The second-order valence-corrected chi connectivity index (χ2v) is 5.77. The van der Waals surface area contributed by atoms with Crippen molar-refractivity contribution < 1.29 is 4.79 Å². The molecule has 0 aliphatic carbocycles. The Balaban J connectivity index is 1.53. The van der Waals surface area contributed by atoms with Crippen LogP contribution in [-0.2, 0) is 6.42 Å². The molecule has 0 unspecified atom stereocenters. The van der Waals surface area contributed by atoms with Crippen LogP contribution < -0.4 is 10.6 Å². The lowest BCUT2D eigenvalue weighted by Gasteiger charge is -2.11. The topological polar surface area (TPSA) is 103 Å². The smallest absolute Gasteiger partial charge is 0.319 e. The molecule has 0 atom stereocenters. The van der Waals surface area contributed by atoms with Crippen LogP contribution in [-0.4, -0.2) is 42.1 Å². The van der Waals surface area contributed by atoms with E-state index in [0.717, 1.165) is 11.5 Å². The minimum atomic E-state index is -0.272. The van der Waals surface area contributed by atoms with Crippen LogP contribution in [0.4, 0.5) is 10.5 Å². The van der Waals surface area contributed by atoms with Crippen LogP contribution in [0.15, 0.2) is 43.2 Å². The van der Waals surface area contributed by atoms with E-state index in [1.54, 1.807) is 17.3 Å². The third kappa shape index (κ3) is 4.19. The van der Waals surface area contributed by atoms with Gasteiger partial charge in [0.25, 0.3) is 0 Å². The van der Waals surface area contributed by atoms with E-state index >= 15 is 0 Å². The Morgan fingerprint density at radius 3 is 2.92 bits per heavy atom. The van der Waals surface area contributed by atoms with Crippen molar-refractivity contribution in [2.75, 3.05) is 11.9 Å². The molecule has 1 aromatic carbocycles. The van der Waals surface area contributed by atoms with E-state index in [1.807, 2.05) is 28.8 Å². The first-order valence-electron chi connectivity index (χ1n) is 8.02. The second kappa shape index (κ2) is 7.56. The van der Waals surface area contributed by atoms with Crippen LogP contribution >= 0.6 is 0 Å². The normalized spacial score (nSPS) is 10.8. The van der Waals surface area contributed by atoms with Gasteiger partial charge in [-0.05, 0) is 32.0 Å². The van der Waals surface area contributed by atoms with Crippen molar-refractivity contribution >= 4 is 11.7 Å². The molecule has 2 aromatic heterocycles. The van der Waals surface area contributed by atoms with Gasteiger partial charge in [0.2, 0.25) is 0 Å². The van der Waals surface area contributed by atoms with Gasteiger partial charge in [0.15, 0.2) is 0 Å². The molecule has 9 nitrogen and oxygen atoms in total. The van der Waals surface area contributed by atoms with Gasteiger partial charge in [-0.2, -0.15) is 5.10 Å². The lowest BCUT2D eigenvalue weighted by Crippen LogP contribution is -2.31. The predicted molar refractivity (Wildman–Crippen MR) is 92.5 cm³/mol. The van der Waals surface area contributed by atoms with Gasteiger partial charge >= 0.3 is 6.03 Å². The maximum atomic E-state index is 12.1. The summed E-state index contributed by atoms with van der Waals surface area (Å²) in [5.41, 5.74) is 1.50. The first-order valence-corrected chi connectivity index (χ1v) is 8.02. The van der Waals surface area contributed by atoms with E-state index in [0.29, 0.717) is 24.7 Å². The molecule has 2 heterocycles. The van der Waals surface area contributed by atoms with Gasteiger partial charge in [0, 0.05) is 24.7 Å². The second-order valence-electron chi connectivity index (χ2n) is 5.77. The third-order valence-electron chi connectivity index (χ3n) is 3.63. The van der Waals surface area contributed by atoms with Crippen LogP contribution in [0, 0.1) is 0 Å². The molecule has 0 aliphatic heterocycles. The number of carbonyl (C=O) groups is 1. The number of urea groups is 1. The Kier molecular flexibility index (Phi) is 5.03. The van der Waals surface area contributed by atoms with Gasteiger partial charge in [-0.3, -0.25) is 0 Å². The van der Waals surface area contributed by atoms with Crippen molar-refractivity contribution in [1.82, 2.24) is 34.8 Å². The molecule has 0 spiro atoms. The van der Waals surface area contributed by atoms with Gasteiger partial charge in [-0.25, -0.2) is 14.5 Å². The van der Waals surface area contributed by atoms with E-state index in [2.05, 4.69) is 44.8 Å². The average Bonchev–Trinajstić information content (AvgIpc) is 3.27. The molecule has 0 fully saturated rings. The first-order chi connectivity index (χ1) is 12.1. The predicted octanol–water partition coefficient (Wildman–Crippen LogP) is 1.80. The number of benzene rings is 1. The van der Waals surface area contributed by atoms with Crippen molar-refractivity contribution in [1.29, 1.82) is 0 Å². The van der Waals surface area contributed by atoms with Crippen molar-refractivity contribution in [3.8, 4) is 5.69 Å². The molecule has 130 valence electrons. The number of amides is 2. The van der Waals surface area contributed by atoms with Crippen molar-refractivity contribution in [3.63, 3.8) is 0 Å². The molecule has 3 rings (SSSR count). The lowest BCUT2D eigenvalue weighted by molar-refractivity contribution is 0.252. The number of nitrogens with one attached hydrogen (secondary N) is 2. The van der Waals surface area contributed by atoms with Gasteiger partial charge in [0.05, 0.1) is 5.69 Å². The lowest BCUT2D eigenvalue weighted by atomic mass is 10.3. The number of rotatable bonds is 6. The monoisotopic (exact) mass is 340 g/mol. The van der Waals surface area contributed by atoms with Crippen LogP contribution in [0.5, 0.6) is 0 Å². The van der Waals surface area contributed by atoms with Crippen LogP contribution in [0.3, 0.4) is 0 Å². The summed E-state index contributed by atoms with van der Waals surface area (Å²) in [7, 11) is 0. The number of hydrogen-bond donors (Lipinski definition) is 2. The Bertz CT molecular complexity index is 824. The number of carbonyl (C=O) groups excluding carboxylic acids is 1. The number of hydrogen-bond acceptors (Lipinski definition) is 5. The highest BCUT2D eigenvalue weighted by Gasteiger charge is 2.08.